The minimum Gasteiger partial charge on any atom is -0.456 e. The van der Waals surface area contributed by atoms with Crippen molar-refractivity contribution in [3.05, 3.63) is 77.4 Å². The number of hydrogen-bond acceptors (Lipinski definition) is 5. The van der Waals surface area contributed by atoms with Gasteiger partial charge in [-0.25, -0.2) is 8.42 Å². The Morgan fingerprint density at radius 1 is 1.10 bits per heavy atom. The lowest BCUT2D eigenvalue weighted by Crippen LogP contribution is -2.12. The number of H-pyrrole nitrogens is 1. The van der Waals surface area contributed by atoms with Crippen molar-refractivity contribution < 1.29 is 13.2 Å². The first-order valence-corrected chi connectivity index (χ1v) is 10.2. The minimum absolute atomic E-state index is 0.0729. The fraction of sp³-hybridized carbons (Fsp3) is 0. The van der Waals surface area contributed by atoms with Gasteiger partial charge < -0.3 is 4.74 Å². The van der Waals surface area contributed by atoms with Gasteiger partial charge in [-0.05, 0) is 54.6 Å². The molecule has 3 aromatic carbocycles. The molecule has 0 spiro atoms. The van der Waals surface area contributed by atoms with E-state index >= 15 is 0 Å². The van der Waals surface area contributed by atoms with E-state index in [-0.39, 0.29) is 15.5 Å². The van der Waals surface area contributed by atoms with Gasteiger partial charge in [-0.2, -0.15) is 10.4 Å². The third-order valence-corrected chi connectivity index (χ3v) is 5.85. The van der Waals surface area contributed by atoms with Crippen LogP contribution in [0.15, 0.2) is 71.8 Å². The van der Waals surface area contributed by atoms with Gasteiger partial charge in [-0.1, -0.05) is 17.7 Å². The van der Waals surface area contributed by atoms with Crippen molar-refractivity contribution in [2.24, 2.45) is 0 Å². The molecule has 0 atom stereocenters. The van der Waals surface area contributed by atoms with Crippen LogP contribution in [-0.4, -0.2) is 18.6 Å². The zero-order chi connectivity index (χ0) is 20.4. The first-order chi connectivity index (χ1) is 14.0. The Kier molecular flexibility index (Phi) is 4.84. The second-order valence-electron chi connectivity index (χ2n) is 6.08. The number of fused-ring (bicyclic) bond motifs is 1. The van der Waals surface area contributed by atoms with Crippen LogP contribution < -0.4 is 9.46 Å². The number of nitrogens with zero attached hydrogens (tertiary/aromatic N) is 2. The van der Waals surface area contributed by atoms with Gasteiger partial charge in [-0.3, -0.25) is 9.82 Å². The van der Waals surface area contributed by atoms with Gasteiger partial charge in [0.25, 0.3) is 10.0 Å². The van der Waals surface area contributed by atoms with E-state index in [4.69, 9.17) is 16.3 Å². The van der Waals surface area contributed by atoms with Crippen LogP contribution in [0.2, 0.25) is 5.02 Å². The van der Waals surface area contributed by atoms with Gasteiger partial charge in [-0.15, -0.1) is 0 Å². The van der Waals surface area contributed by atoms with Crippen molar-refractivity contribution in [3.63, 3.8) is 0 Å². The van der Waals surface area contributed by atoms with Crippen molar-refractivity contribution in [1.82, 2.24) is 10.2 Å². The number of ether oxygens (including phenoxy) is 1. The molecule has 1 aromatic heterocycles. The zero-order valence-corrected chi connectivity index (χ0v) is 16.3. The summed E-state index contributed by atoms with van der Waals surface area (Å²) in [5.74, 6) is 0.671. The summed E-state index contributed by atoms with van der Waals surface area (Å²) in [4.78, 5) is 0.0729. The van der Waals surface area contributed by atoms with Crippen molar-refractivity contribution in [2.45, 2.75) is 4.90 Å². The molecule has 0 aliphatic heterocycles. The topological polar surface area (TPSA) is 108 Å². The smallest absolute Gasteiger partial charge is 0.261 e. The first-order valence-electron chi connectivity index (χ1n) is 8.39. The van der Waals surface area contributed by atoms with Crippen LogP contribution in [-0.2, 0) is 10.0 Å². The van der Waals surface area contributed by atoms with Gasteiger partial charge in [0.2, 0.25) is 0 Å². The number of aromatic nitrogens is 2. The number of sulfonamides is 1. The quantitative estimate of drug-likeness (QED) is 0.483. The molecule has 0 unspecified atom stereocenters. The molecular formula is C20H13ClN4O3S. The van der Waals surface area contributed by atoms with Crippen molar-refractivity contribution in [3.8, 4) is 17.6 Å². The SMILES string of the molecule is N#Cc1c(Cl)cccc1Oc1ccc(S(=O)(=O)Nc2ccc3[nH]ncc3c2)cc1. The zero-order valence-electron chi connectivity index (χ0n) is 14.8. The molecule has 0 aliphatic carbocycles. The summed E-state index contributed by atoms with van der Waals surface area (Å²) >= 11 is 5.99. The average molecular weight is 425 g/mol. The van der Waals surface area contributed by atoms with E-state index in [0.29, 0.717) is 17.2 Å². The lowest BCUT2D eigenvalue weighted by molar-refractivity contribution is 0.480. The van der Waals surface area contributed by atoms with Gasteiger partial charge in [0, 0.05) is 11.1 Å². The number of nitriles is 1. The highest BCUT2D eigenvalue weighted by molar-refractivity contribution is 7.92. The second kappa shape index (κ2) is 7.47. The summed E-state index contributed by atoms with van der Waals surface area (Å²) in [6, 6.07) is 17.8. The molecule has 29 heavy (non-hydrogen) atoms. The largest absolute Gasteiger partial charge is 0.456 e. The molecule has 0 bridgehead atoms. The van der Waals surface area contributed by atoms with Crippen LogP contribution in [0.25, 0.3) is 10.9 Å². The molecule has 0 saturated carbocycles. The monoisotopic (exact) mass is 424 g/mol. The molecule has 9 heteroatoms. The minimum atomic E-state index is -3.78. The van der Waals surface area contributed by atoms with E-state index in [9.17, 15) is 13.7 Å². The normalized spacial score (nSPS) is 11.2. The molecule has 1 heterocycles. The standard InChI is InChI=1S/C20H13ClN4O3S/c21-18-2-1-3-20(17(18)11-22)28-15-5-7-16(8-6-15)29(26,27)25-14-4-9-19-13(10-14)12-23-24-19/h1-10,12,25H,(H,23,24). The summed E-state index contributed by atoms with van der Waals surface area (Å²) < 4.78 is 33.5. The third kappa shape index (κ3) is 3.87. The summed E-state index contributed by atoms with van der Waals surface area (Å²) in [5.41, 5.74) is 1.45. The fourth-order valence-corrected chi connectivity index (χ4v) is 3.99. The molecular weight excluding hydrogens is 412 g/mol. The Morgan fingerprint density at radius 2 is 1.90 bits per heavy atom. The molecule has 0 amide bonds. The molecule has 144 valence electrons. The molecule has 0 fully saturated rings. The Labute approximate surface area is 171 Å². The second-order valence-corrected chi connectivity index (χ2v) is 8.17. The Bertz CT molecular complexity index is 1340. The maximum Gasteiger partial charge on any atom is 0.261 e. The van der Waals surface area contributed by atoms with E-state index in [2.05, 4.69) is 14.9 Å². The van der Waals surface area contributed by atoms with E-state index in [1.807, 2.05) is 6.07 Å². The van der Waals surface area contributed by atoms with Crippen LogP contribution in [0.1, 0.15) is 5.56 Å². The predicted molar refractivity (Wildman–Crippen MR) is 110 cm³/mol. The highest BCUT2D eigenvalue weighted by atomic mass is 35.5. The Morgan fingerprint density at radius 3 is 2.66 bits per heavy atom. The average Bonchev–Trinajstić information content (AvgIpc) is 3.16. The highest BCUT2D eigenvalue weighted by Gasteiger charge is 2.15. The number of hydrogen-bond donors (Lipinski definition) is 2. The number of nitrogens with one attached hydrogen (secondary N) is 2. The molecule has 0 aliphatic rings. The maximum atomic E-state index is 12.7. The Hall–Kier alpha value is -3.54. The van der Waals surface area contributed by atoms with Crippen molar-refractivity contribution >= 4 is 38.2 Å². The summed E-state index contributed by atoms with van der Waals surface area (Å²) in [5, 5.41) is 17.0. The number of benzene rings is 3. The van der Waals surface area contributed by atoms with Crippen LogP contribution in [0, 0.1) is 11.3 Å². The van der Waals surface area contributed by atoms with E-state index in [1.54, 1.807) is 42.6 Å². The molecule has 2 N–H and O–H groups in total. The Balaban J connectivity index is 1.55. The number of anilines is 1. The van der Waals surface area contributed by atoms with Gasteiger partial charge >= 0.3 is 0 Å². The lowest BCUT2D eigenvalue weighted by Gasteiger charge is -2.10. The number of aromatic amines is 1. The van der Waals surface area contributed by atoms with Crippen LogP contribution >= 0.6 is 11.6 Å². The number of rotatable bonds is 5. The van der Waals surface area contributed by atoms with Gasteiger partial charge in [0.05, 0.1) is 21.6 Å². The summed E-state index contributed by atoms with van der Waals surface area (Å²) in [6.07, 6.45) is 1.62. The van der Waals surface area contributed by atoms with Crippen molar-refractivity contribution in [1.29, 1.82) is 5.26 Å². The van der Waals surface area contributed by atoms with E-state index in [1.165, 1.54) is 24.3 Å². The third-order valence-electron chi connectivity index (χ3n) is 4.14. The predicted octanol–water partition coefficient (Wildman–Crippen LogP) is 4.68. The van der Waals surface area contributed by atoms with Crippen LogP contribution in [0.4, 0.5) is 5.69 Å². The maximum absolute atomic E-state index is 12.7. The van der Waals surface area contributed by atoms with Crippen molar-refractivity contribution in [2.75, 3.05) is 4.72 Å². The molecule has 4 aromatic rings. The molecule has 0 saturated heterocycles. The lowest BCUT2D eigenvalue weighted by atomic mass is 10.2. The molecule has 7 nitrogen and oxygen atoms in total. The first kappa shape index (κ1) is 18.8. The number of halogens is 1. The van der Waals surface area contributed by atoms with E-state index < -0.39 is 10.0 Å². The highest BCUT2D eigenvalue weighted by Crippen LogP contribution is 2.30. The molecule has 0 radical (unpaired) electrons. The van der Waals surface area contributed by atoms with Crippen LogP contribution in [0.5, 0.6) is 11.5 Å². The van der Waals surface area contributed by atoms with E-state index in [0.717, 1.165) is 10.9 Å². The summed E-state index contributed by atoms with van der Waals surface area (Å²) in [6.45, 7) is 0. The fourth-order valence-electron chi connectivity index (χ4n) is 2.73. The van der Waals surface area contributed by atoms with Gasteiger partial charge in [0.15, 0.2) is 0 Å². The molecule has 4 rings (SSSR count). The summed E-state index contributed by atoms with van der Waals surface area (Å²) in [7, 11) is -3.78. The van der Waals surface area contributed by atoms with Gasteiger partial charge in [0.1, 0.15) is 23.1 Å². The van der Waals surface area contributed by atoms with Crippen LogP contribution in [0.3, 0.4) is 0 Å².